The van der Waals surface area contributed by atoms with E-state index in [4.69, 9.17) is 0 Å². The third-order valence-electron chi connectivity index (χ3n) is 13.3. The molecule has 0 amide bonds. The van der Waals surface area contributed by atoms with Crippen LogP contribution < -0.4 is 0 Å². The number of nitrogens with zero attached hydrogens (tertiary/aromatic N) is 4. The summed E-state index contributed by atoms with van der Waals surface area (Å²) in [5.41, 5.74) is 22.7. The van der Waals surface area contributed by atoms with Gasteiger partial charge in [-0.25, -0.2) is 19.9 Å². The SMILES string of the molecule is c1ccc(C2(c3ccccc3)c3ccccc3-c3ccc(-c4cc(-c5cccc(-c6cccc(-c7cncnc7)c6)c5)cc(-c5cccc(-c6cccc(-c7cncnc7)c6)c5)c4)cc32)cc1. The molecule has 0 N–H and O–H groups in total. The van der Waals surface area contributed by atoms with E-state index < -0.39 is 5.41 Å². The summed E-state index contributed by atoms with van der Waals surface area (Å²) in [6, 6.07) is 80.2. The topological polar surface area (TPSA) is 51.6 Å². The second kappa shape index (κ2) is 16.9. The number of rotatable bonds is 9. The first-order valence-electron chi connectivity index (χ1n) is 22.6. The van der Waals surface area contributed by atoms with Crippen molar-refractivity contribution in [3.63, 3.8) is 0 Å². The lowest BCUT2D eigenvalue weighted by atomic mass is 9.67. The van der Waals surface area contributed by atoms with Crippen molar-refractivity contribution in [2.24, 2.45) is 0 Å². The standard InChI is InChI=1S/C63H42N4/c1-3-21-57(22-4-1)63(58-23-5-2-6-24-58)61-26-8-7-25-59(61)60-28-27-51(36-62(60)63)54-34-52(47-17-9-13-43(29-47)45-15-11-19-49(31-45)55-37-64-41-65-38-55)33-53(35-54)48-18-10-14-44(30-48)46-16-12-20-50(32-46)56-39-66-42-67-40-56/h1-42H. The van der Waals surface area contributed by atoms with E-state index in [1.54, 1.807) is 12.7 Å². The van der Waals surface area contributed by atoms with Gasteiger partial charge in [-0.1, -0.05) is 170 Å². The van der Waals surface area contributed by atoms with Crippen molar-refractivity contribution in [3.8, 4) is 89.0 Å². The molecule has 12 rings (SSSR count). The molecule has 4 heteroatoms. The van der Waals surface area contributed by atoms with Crippen LogP contribution in [0, 0.1) is 0 Å². The molecule has 67 heavy (non-hydrogen) atoms. The van der Waals surface area contributed by atoms with E-state index in [-0.39, 0.29) is 0 Å². The average Bonchev–Trinajstić information content (AvgIpc) is 3.72. The van der Waals surface area contributed by atoms with Gasteiger partial charge < -0.3 is 0 Å². The zero-order valence-electron chi connectivity index (χ0n) is 36.5. The lowest BCUT2D eigenvalue weighted by molar-refractivity contribution is 0.769. The van der Waals surface area contributed by atoms with Crippen LogP contribution in [0.4, 0.5) is 0 Å². The first kappa shape index (κ1) is 39.7. The third kappa shape index (κ3) is 7.22. The van der Waals surface area contributed by atoms with Crippen molar-refractivity contribution in [2.45, 2.75) is 5.41 Å². The molecule has 0 fully saturated rings. The van der Waals surface area contributed by atoms with Gasteiger partial charge in [-0.05, 0) is 149 Å². The van der Waals surface area contributed by atoms with Crippen LogP contribution in [-0.2, 0) is 5.41 Å². The monoisotopic (exact) mass is 854 g/mol. The van der Waals surface area contributed by atoms with Crippen molar-refractivity contribution in [3.05, 3.63) is 278 Å². The highest BCUT2D eigenvalue weighted by Gasteiger charge is 2.46. The zero-order valence-corrected chi connectivity index (χ0v) is 36.5. The van der Waals surface area contributed by atoms with Gasteiger partial charge in [0.25, 0.3) is 0 Å². The Morgan fingerprint density at radius 3 is 0.985 bits per heavy atom. The Labute approximate surface area is 390 Å². The highest BCUT2D eigenvalue weighted by molar-refractivity contribution is 5.90. The summed E-state index contributed by atoms with van der Waals surface area (Å²) in [6.45, 7) is 0. The molecule has 1 aliphatic rings. The smallest absolute Gasteiger partial charge is 0.115 e. The van der Waals surface area contributed by atoms with Crippen LogP contribution >= 0.6 is 0 Å². The maximum atomic E-state index is 4.28. The van der Waals surface area contributed by atoms with Gasteiger partial charge in [0.2, 0.25) is 0 Å². The van der Waals surface area contributed by atoms with Crippen LogP contribution in [0.5, 0.6) is 0 Å². The summed E-state index contributed by atoms with van der Waals surface area (Å²) in [5, 5.41) is 0. The number of fused-ring (bicyclic) bond motifs is 3. The highest BCUT2D eigenvalue weighted by Crippen LogP contribution is 2.57. The minimum Gasteiger partial charge on any atom is -0.244 e. The molecule has 0 aliphatic heterocycles. The third-order valence-corrected chi connectivity index (χ3v) is 13.3. The average molecular weight is 855 g/mol. The summed E-state index contributed by atoms with van der Waals surface area (Å²) < 4.78 is 0. The minimum atomic E-state index is -0.506. The fourth-order valence-electron chi connectivity index (χ4n) is 10.2. The van der Waals surface area contributed by atoms with Gasteiger partial charge in [0.15, 0.2) is 0 Å². The number of hydrogen-bond acceptors (Lipinski definition) is 4. The van der Waals surface area contributed by atoms with Crippen LogP contribution in [0.25, 0.3) is 89.0 Å². The van der Waals surface area contributed by atoms with Gasteiger partial charge in [-0.15, -0.1) is 0 Å². The molecule has 1 aliphatic carbocycles. The van der Waals surface area contributed by atoms with Crippen LogP contribution in [-0.4, -0.2) is 19.9 Å². The quantitative estimate of drug-likeness (QED) is 0.145. The van der Waals surface area contributed by atoms with Gasteiger partial charge in [0.05, 0.1) is 5.41 Å². The van der Waals surface area contributed by atoms with E-state index >= 15 is 0 Å². The fraction of sp³-hybridized carbons (Fsp3) is 0.0159. The Bertz CT molecular complexity index is 3390. The largest absolute Gasteiger partial charge is 0.244 e. The van der Waals surface area contributed by atoms with Crippen LogP contribution in [0.2, 0.25) is 0 Å². The lowest BCUT2D eigenvalue weighted by Gasteiger charge is -2.34. The van der Waals surface area contributed by atoms with E-state index in [9.17, 15) is 0 Å². The normalized spacial score (nSPS) is 12.3. The number of hydrogen-bond donors (Lipinski definition) is 0. The van der Waals surface area contributed by atoms with Crippen molar-refractivity contribution in [2.75, 3.05) is 0 Å². The van der Waals surface area contributed by atoms with Crippen LogP contribution in [0.3, 0.4) is 0 Å². The van der Waals surface area contributed by atoms with Crippen molar-refractivity contribution in [1.82, 2.24) is 19.9 Å². The van der Waals surface area contributed by atoms with E-state index in [1.165, 1.54) is 33.4 Å². The van der Waals surface area contributed by atoms with Crippen molar-refractivity contribution < 1.29 is 0 Å². The molecule has 0 saturated heterocycles. The van der Waals surface area contributed by atoms with Crippen LogP contribution in [0.15, 0.2) is 256 Å². The molecule has 4 nitrogen and oxygen atoms in total. The number of benzene rings is 9. The summed E-state index contributed by atoms with van der Waals surface area (Å²) in [4.78, 5) is 17.1. The molecule has 11 aromatic rings. The van der Waals surface area contributed by atoms with E-state index in [0.717, 1.165) is 77.9 Å². The van der Waals surface area contributed by atoms with Crippen LogP contribution in [0.1, 0.15) is 22.3 Å². The van der Waals surface area contributed by atoms with Gasteiger partial charge in [-0.2, -0.15) is 0 Å². The molecular formula is C63H42N4. The van der Waals surface area contributed by atoms with Gasteiger partial charge in [-0.3, -0.25) is 0 Å². The first-order chi connectivity index (χ1) is 33.2. The molecule has 0 unspecified atom stereocenters. The van der Waals surface area contributed by atoms with Gasteiger partial charge in [0.1, 0.15) is 12.7 Å². The maximum absolute atomic E-state index is 4.28. The van der Waals surface area contributed by atoms with Crippen molar-refractivity contribution >= 4 is 0 Å². The molecule has 0 spiro atoms. The fourth-order valence-corrected chi connectivity index (χ4v) is 10.2. The summed E-state index contributed by atoms with van der Waals surface area (Å²) in [6.07, 6.45) is 10.6. The highest BCUT2D eigenvalue weighted by atomic mass is 14.8. The molecule has 9 aromatic carbocycles. The second-order valence-corrected chi connectivity index (χ2v) is 17.2. The maximum Gasteiger partial charge on any atom is 0.115 e. The first-order valence-corrected chi connectivity index (χ1v) is 22.6. The molecule has 2 heterocycles. The Hall–Kier alpha value is -8.86. The summed E-state index contributed by atoms with van der Waals surface area (Å²) >= 11 is 0. The Balaban J connectivity index is 1.03. The summed E-state index contributed by atoms with van der Waals surface area (Å²) in [5.74, 6) is 0. The predicted octanol–water partition coefficient (Wildman–Crippen LogP) is 15.3. The molecule has 0 atom stereocenters. The molecule has 2 aromatic heterocycles. The molecule has 0 bridgehead atoms. The Morgan fingerprint density at radius 1 is 0.224 bits per heavy atom. The van der Waals surface area contributed by atoms with Gasteiger partial charge in [0, 0.05) is 35.9 Å². The zero-order chi connectivity index (χ0) is 44.6. The number of aromatic nitrogens is 4. The van der Waals surface area contributed by atoms with E-state index in [1.807, 2.05) is 24.8 Å². The Morgan fingerprint density at radius 2 is 0.552 bits per heavy atom. The van der Waals surface area contributed by atoms with Crippen molar-refractivity contribution in [1.29, 1.82) is 0 Å². The lowest BCUT2D eigenvalue weighted by Crippen LogP contribution is -2.28. The van der Waals surface area contributed by atoms with E-state index in [0.29, 0.717) is 0 Å². The molecular weight excluding hydrogens is 813 g/mol. The summed E-state index contributed by atoms with van der Waals surface area (Å²) in [7, 11) is 0. The molecule has 0 radical (unpaired) electrons. The molecule has 314 valence electrons. The Kier molecular flexibility index (Phi) is 10.0. The van der Waals surface area contributed by atoms with Gasteiger partial charge >= 0.3 is 0 Å². The predicted molar refractivity (Wildman–Crippen MR) is 273 cm³/mol. The second-order valence-electron chi connectivity index (χ2n) is 17.2. The minimum absolute atomic E-state index is 0.506. The molecule has 0 saturated carbocycles. The van der Waals surface area contributed by atoms with E-state index in [2.05, 4.69) is 238 Å².